The number of amides is 1. The first-order chi connectivity index (χ1) is 12.9. The van der Waals surface area contributed by atoms with Crippen molar-refractivity contribution in [2.45, 2.75) is 19.9 Å². The molecule has 6 heteroatoms. The maximum absolute atomic E-state index is 13.0. The highest BCUT2D eigenvalue weighted by Gasteiger charge is 2.26. The fraction of sp³-hybridized carbons (Fsp3) is 0.286. The molecule has 0 bridgehead atoms. The van der Waals surface area contributed by atoms with Crippen molar-refractivity contribution < 1.29 is 4.79 Å². The van der Waals surface area contributed by atoms with E-state index in [-0.39, 0.29) is 17.4 Å². The van der Waals surface area contributed by atoms with Crippen LogP contribution in [0.15, 0.2) is 59.7 Å². The second kappa shape index (κ2) is 7.61. The standard InChI is InChI=1S/C21H24N4O2/c1-14(2)19(20(26)23-15-9-11-16(12-10-15)24(3)4)25-13-22-18-8-6-5-7-17(18)21(25)27/h5-14,19H,1-4H3,(H,23,26). The quantitative estimate of drug-likeness (QED) is 0.754. The second-order valence-electron chi connectivity index (χ2n) is 7.09. The predicted octanol–water partition coefficient (Wildman–Crippen LogP) is 3.30. The predicted molar refractivity (Wildman–Crippen MR) is 109 cm³/mol. The van der Waals surface area contributed by atoms with E-state index in [1.807, 2.05) is 63.2 Å². The van der Waals surface area contributed by atoms with Crippen LogP contribution in [0, 0.1) is 5.92 Å². The summed E-state index contributed by atoms with van der Waals surface area (Å²) in [5.74, 6) is -0.312. The molecule has 2 aromatic carbocycles. The molecule has 1 N–H and O–H groups in total. The average molecular weight is 364 g/mol. The van der Waals surface area contributed by atoms with Gasteiger partial charge in [-0.1, -0.05) is 26.0 Å². The van der Waals surface area contributed by atoms with Crippen LogP contribution < -0.4 is 15.8 Å². The van der Waals surface area contributed by atoms with Gasteiger partial charge >= 0.3 is 0 Å². The van der Waals surface area contributed by atoms with Crippen LogP contribution in [-0.4, -0.2) is 29.6 Å². The van der Waals surface area contributed by atoms with Crippen molar-refractivity contribution in [3.63, 3.8) is 0 Å². The van der Waals surface area contributed by atoms with E-state index < -0.39 is 6.04 Å². The van der Waals surface area contributed by atoms with Gasteiger partial charge in [-0.2, -0.15) is 0 Å². The maximum Gasteiger partial charge on any atom is 0.261 e. The second-order valence-corrected chi connectivity index (χ2v) is 7.09. The van der Waals surface area contributed by atoms with Crippen LogP contribution in [0.1, 0.15) is 19.9 Å². The number of aromatic nitrogens is 2. The van der Waals surface area contributed by atoms with Gasteiger partial charge in [-0.05, 0) is 42.3 Å². The first kappa shape index (κ1) is 18.6. The van der Waals surface area contributed by atoms with E-state index in [1.165, 1.54) is 10.9 Å². The third-order valence-electron chi connectivity index (χ3n) is 4.54. The molecule has 6 nitrogen and oxygen atoms in total. The van der Waals surface area contributed by atoms with Crippen LogP contribution in [0.3, 0.4) is 0 Å². The van der Waals surface area contributed by atoms with Crippen molar-refractivity contribution >= 4 is 28.2 Å². The lowest BCUT2D eigenvalue weighted by molar-refractivity contribution is -0.120. The third kappa shape index (κ3) is 3.84. The number of carbonyl (C=O) groups is 1. The molecule has 0 radical (unpaired) electrons. The lowest BCUT2D eigenvalue weighted by Crippen LogP contribution is -2.36. The van der Waals surface area contributed by atoms with Gasteiger partial charge in [0.2, 0.25) is 5.91 Å². The average Bonchev–Trinajstić information content (AvgIpc) is 2.64. The van der Waals surface area contributed by atoms with Crippen molar-refractivity contribution in [3.05, 3.63) is 65.2 Å². The Hall–Kier alpha value is -3.15. The minimum atomic E-state index is -0.650. The molecule has 1 atom stereocenters. The largest absolute Gasteiger partial charge is 0.378 e. The summed E-state index contributed by atoms with van der Waals surface area (Å²) >= 11 is 0. The molecule has 0 aliphatic carbocycles. The van der Waals surface area contributed by atoms with Gasteiger partial charge < -0.3 is 10.2 Å². The van der Waals surface area contributed by atoms with Crippen LogP contribution in [0.2, 0.25) is 0 Å². The van der Waals surface area contributed by atoms with E-state index in [0.717, 1.165) is 5.69 Å². The molecule has 1 unspecified atom stereocenters. The molecular weight excluding hydrogens is 340 g/mol. The minimum absolute atomic E-state index is 0.0771. The van der Waals surface area contributed by atoms with Gasteiger partial charge in [0.05, 0.1) is 17.2 Å². The number of para-hydroxylation sites is 1. The summed E-state index contributed by atoms with van der Waals surface area (Å²) in [6.07, 6.45) is 1.46. The third-order valence-corrected chi connectivity index (χ3v) is 4.54. The molecule has 1 aromatic heterocycles. The molecule has 1 heterocycles. The van der Waals surface area contributed by atoms with E-state index in [2.05, 4.69) is 10.3 Å². The number of benzene rings is 2. The zero-order valence-electron chi connectivity index (χ0n) is 16.0. The van der Waals surface area contributed by atoms with Crippen LogP contribution in [0.5, 0.6) is 0 Å². The number of hydrogen-bond donors (Lipinski definition) is 1. The summed E-state index contributed by atoms with van der Waals surface area (Å²) in [4.78, 5) is 32.2. The van der Waals surface area contributed by atoms with E-state index >= 15 is 0 Å². The summed E-state index contributed by atoms with van der Waals surface area (Å²) < 4.78 is 1.43. The molecule has 3 aromatic rings. The van der Waals surface area contributed by atoms with Crippen LogP contribution in [0.4, 0.5) is 11.4 Å². The normalized spacial score (nSPS) is 12.2. The van der Waals surface area contributed by atoms with Gasteiger partial charge in [0.25, 0.3) is 5.56 Å². The highest BCUT2D eigenvalue weighted by atomic mass is 16.2. The van der Waals surface area contributed by atoms with Crippen LogP contribution in [0.25, 0.3) is 10.9 Å². The Morgan fingerprint density at radius 3 is 2.37 bits per heavy atom. The van der Waals surface area contributed by atoms with E-state index in [4.69, 9.17) is 0 Å². The lowest BCUT2D eigenvalue weighted by Gasteiger charge is -2.23. The molecule has 0 aliphatic rings. The molecule has 140 valence electrons. The smallest absolute Gasteiger partial charge is 0.261 e. The topological polar surface area (TPSA) is 67.2 Å². The Bertz CT molecular complexity index is 1010. The van der Waals surface area contributed by atoms with Gasteiger partial charge in [-0.15, -0.1) is 0 Å². The molecule has 27 heavy (non-hydrogen) atoms. The number of nitrogens with one attached hydrogen (secondary N) is 1. The maximum atomic E-state index is 13.0. The Morgan fingerprint density at radius 2 is 1.74 bits per heavy atom. The molecule has 0 aliphatic heterocycles. The van der Waals surface area contributed by atoms with Crippen molar-refractivity contribution in [1.82, 2.24) is 9.55 Å². The fourth-order valence-electron chi connectivity index (χ4n) is 3.09. The van der Waals surface area contributed by atoms with Crippen LogP contribution in [-0.2, 0) is 4.79 Å². The lowest BCUT2D eigenvalue weighted by atomic mass is 10.0. The van der Waals surface area contributed by atoms with Crippen molar-refractivity contribution in [2.24, 2.45) is 5.92 Å². The van der Waals surface area contributed by atoms with Gasteiger partial charge in [0, 0.05) is 25.5 Å². The van der Waals surface area contributed by atoms with E-state index in [1.54, 1.807) is 18.2 Å². The molecule has 0 fully saturated rings. The summed E-state index contributed by atoms with van der Waals surface area (Å²) in [7, 11) is 3.92. The van der Waals surface area contributed by atoms with Crippen molar-refractivity contribution in [2.75, 3.05) is 24.3 Å². The number of nitrogens with zero attached hydrogens (tertiary/aromatic N) is 3. The Kier molecular flexibility index (Phi) is 5.26. The summed E-state index contributed by atoms with van der Waals surface area (Å²) in [5.41, 5.74) is 2.15. The molecule has 3 rings (SSSR count). The summed E-state index contributed by atoms with van der Waals surface area (Å²) in [6, 6.07) is 14.1. The summed E-state index contributed by atoms with van der Waals surface area (Å²) in [5, 5.41) is 3.43. The molecular formula is C21H24N4O2. The number of anilines is 2. The van der Waals surface area contributed by atoms with Gasteiger partial charge in [-0.3, -0.25) is 14.2 Å². The Labute approximate surface area is 158 Å². The Morgan fingerprint density at radius 1 is 1.07 bits per heavy atom. The molecule has 0 spiro atoms. The molecule has 1 amide bonds. The zero-order chi connectivity index (χ0) is 19.6. The van der Waals surface area contributed by atoms with Gasteiger partial charge in [0.1, 0.15) is 6.04 Å². The minimum Gasteiger partial charge on any atom is -0.378 e. The van der Waals surface area contributed by atoms with Crippen molar-refractivity contribution in [3.8, 4) is 0 Å². The zero-order valence-corrected chi connectivity index (χ0v) is 16.0. The SMILES string of the molecule is CC(C)C(C(=O)Nc1ccc(N(C)C)cc1)n1cnc2ccccc2c1=O. The summed E-state index contributed by atoms with van der Waals surface area (Å²) in [6.45, 7) is 3.84. The highest BCUT2D eigenvalue weighted by Crippen LogP contribution is 2.21. The highest BCUT2D eigenvalue weighted by molar-refractivity contribution is 5.94. The van der Waals surface area contributed by atoms with E-state index in [9.17, 15) is 9.59 Å². The molecule has 0 saturated heterocycles. The van der Waals surface area contributed by atoms with E-state index in [0.29, 0.717) is 16.6 Å². The van der Waals surface area contributed by atoms with Gasteiger partial charge in [-0.25, -0.2) is 4.98 Å². The first-order valence-corrected chi connectivity index (χ1v) is 8.92. The number of rotatable bonds is 5. The number of carbonyl (C=O) groups excluding carboxylic acids is 1. The van der Waals surface area contributed by atoms with Gasteiger partial charge in [0.15, 0.2) is 0 Å². The first-order valence-electron chi connectivity index (χ1n) is 8.92. The number of hydrogen-bond acceptors (Lipinski definition) is 4. The van der Waals surface area contributed by atoms with Crippen LogP contribution >= 0.6 is 0 Å². The fourth-order valence-corrected chi connectivity index (χ4v) is 3.09. The molecule has 0 saturated carbocycles. The number of fused-ring (bicyclic) bond motifs is 1. The van der Waals surface area contributed by atoms with Crippen molar-refractivity contribution in [1.29, 1.82) is 0 Å². The monoisotopic (exact) mass is 364 g/mol. The Balaban J connectivity index is 1.92.